The van der Waals surface area contributed by atoms with E-state index in [1.807, 2.05) is 0 Å². The molecule has 2 unspecified atom stereocenters. The SMILES string of the molecule is CCC1CCCC(c2nc(C)cc(CNC(C)(C)C)n2)C1. The molecule has 0 radical (unpaired) electrons. The topological polar surface area (TPSA) is 37.8 Å². The summed E-state index contributed by atoms with van der Waals surface area (Å²) in [7, 11) is 0. The summed E-state index contributed by atoms with van der Waals surface area (Å²) in [6.45, 7) is 11.8. The summed E-state index contributed by atoms with van der Waals surface area (Å²) in [4.78, 5) is 9.59. The Bertz CT molecular complexity index is 462. The minimum atomic E-state index is 0.122. The standard InChI is InChI=1S/C18H31N3/c1-6-14-8-7-9-15(11-14)17-20-13(2)10-16(21-17)12-19-18(3,4)5/h10,14-15,19H,6-9,11-12H2,1-5H3. The van der Waals surface area contributed by atoms with Crippen molar-refractivity contribution in [3.63, 3.8) is 0 Å². The van der Waals surface area contributed by atoms with E-state index in [1.54, 1.807) is 0 Å². The highest BCUT2D eigenvalue weighted by Gasteiger charge is 2.24. The molecule has 0 saturated heterocycles. The summed E-state index contributed by atoms with van der Waals surface area (Å²) in [6, 6.07) is 2.11. The Morgan fingerprint density at radius 2 is 2.00 bits per heavy atom. The molecule has 1 aromatic heterocycles. The number of hydrogen-bond acceptors (Lipinski definition) is 3. The second kappa shape index (κ2) is 6.87. The van der Waals surface area contributed by atoms with Gasteiger partial charge in [0, 0.05) is 23.7 Å². The van der Waals surface area contributed by atoms with Gasteiger partial charge in [0.15, 0.2) is 0 Å². The third kappa shape index (κ3) is 5.06. The molecular formula is C18H31N3. The Morgan fingerprint density at radius 3 is 2.67 bits per heavy atom. The van der Waals surface area contributed by atoms with Gasteiger partial charge in [0.1, 0.15) is 5.82 Å². The van der Waals surface area contributed by atoms with Gasteiger partial charge in [-0.1, -0.05) is 26.2 Å². The second-order valence-corrected chi connectivity index (χ2v) is 7.60. The predicted octanol–water partition coefficient (Wildman–Crippen LogP) is 4.36. The minimum absolute atomic E-state index is 0.122. The molecule has 0 aromatic carbocycles. The van der Waals surface area contributed by atoms with Crippen molar-refractivity contribution in [2.45, 2.75) is 84.7 Å². The van der Waals surface area contributed by atoms with Gasteiger partial charge in [-0.3, -0.25) is 0 Å². The maximum atomic E-state index is 4.86. The van der Waals surface area contributed by atoms with E-state index >= 15 is 0 Å². The molecule has 1 fully saturated rings. The summed E-state index contributed by atoms with van der Waals surface area (Å²) in [5, 5.41) is 3.53. The van der Waals surface area contributed by atoms with Crippen molar-refractivity contribution in [1.82, 2.24) is 15.3 Å². The van der Waals surface area contributed by atoms with Crippen LogP contribution in [0.5, 0.6) is 0 Å². The molecule has 3 nitrogen and oxygen atoms in total. The van der Waals surface area contributed by atoms with Crippen molar-refractivity contribution < 1.29 is 0 Å². The lowest BCUT2D eigenvalue weighted by Gasteiger charge is -2.28. The Morgan fingerprint density at radius 1 is 1.24 bits per heavy atom. The van der Waals surface area contributed by atoms with E-state index in [-0.39, 0.29) is 5.54 Å². The molecule has 1 aliphatic carbocycles. The Hall–Kier alpha value is -0.960. The summed E-state index contributed by atoms with van der Waals surface area (Å²) in [5.74, 6) is 2.51. The smallest absolute Gasteiger partial charge is 0.131 e. The van der Waals surface area contributed by atoms with Crippen LogP contribution < -0.4 is 5.32 Å². The van der Waals surface area contributed by atoms with Gasteiger partial charge < -0.3 is 5.32 Å². The van der Waals surface area contributed by atoms with Crippen LogP contribution >= 0.6 is 0 Å². The van der Waals surface area contributed by atoms with Crippen LogP contribution in [0.15, 0.2) is 6.07 Å². The maximum absolute atomic E-state index is 4.86. The summed E-state index contributed by atoms with van der Waals surface area (Å²) in [5.41, 5.74) is 2.35. The van der Waals surface area contributed by atoms with E-state index in [9.17, 15) is 0 Å². The van der Waals surface area contributed by atoms with Gasteiger partial charge in [-0.2, -0.15) is 0 Å². The molecule has 2 atom stereocenters. The molecule has 0 amide bonds. The molecule has 21 heavy (non-hydrogen) atoms. The van der Waals surface area contributed by atoms with Crippen LogP contribution in [-0.2, 0) is 6.54 Å². The van der Waals surface area contributed by atoms with Crippen LogP contribution in [0.2, 0.25) is 0 Å². The van der Waals surface area contributed by atoms with Crippen molar-refractivity contribution in [2.75, 3.05) is 0 Å². The maximum Gasteiger partial charge on any atom is 0.131 e. The largest absolute Gasteiger partial charge is 0.306 e. The van der Waals surface area contributed by atoms with Crippen LogP contribution in [0.4, 0.5) is 0 Å². The first-order valence-corrected chi connectivity index (χ1v) is 8.47. The zero-order chi connectivity index (χ0) is 15.5. The Labute approximate surface area is 130 Å². The summed E-state index contributed by atoms with van der Waals surface area (Å²) in [6.07, 6.45) is 6.53. The normalized spacial score (nSPS) is 23.3. The number of aryl methyl sites for hydroxylation is 1. The average molecular weight is 289 g/mol. The Balaban J connectivity index is 2.11. The van der Waals surface area contributed by atoms with Crippen LogP contribution in [0.25, 0.3) is 0 Å². The number of rotatable bonds is 4. The van der Waals surface area contributed by atoms with Crippen LogP contribution in [0, 0.1) is 12.8 Å². The third-order valence-corrected chi connectivity index (χ3v) is 4.45. The number of aromatic nitrogens is 2. The minimum Gasteiger partial charge on any atom is -0.306 e. The van der Waals surface area contributed by atoms with Gasteiger partial charge in [0.25, 0.3) is 0 Å². The van der Waals surface area contributed by atoms with Crippen molar-refractivity contribution in [3.8, 4) is 0 Å². The van der Waals surface area contributed by atoms with Crippen LogP contribution in [0.1, 0.15) is 82.9 Å². The molecule has 0 bridgehead atoms. The van der Waals surface area contributed by atoms with Crippen LogP contribution in [0.3, 0.4) is 0 Å². The second-order valence-electron chi connectivity index (χ2n) is 7.60. The molecular weight excluding hydrogens is 258 g/mol. The van der Waals surface area contributed by atoms with Gasteiger partial charge in [-0.25, -0.2) is 9.97 Å². The van der Waals surface area contributed by atoms with Crippen molar-refractivity contribution >= 4 is 0 Å². The van der Waals surface area contributed by atoms with Crippen molar-refractivity contribution in [3.05, 3.63) is 23.3 Å². The highest BCUT2D eigenvalue weighted by atomic mass is 15.0. The van der Waals surface area contributed by atoms with E-state index in [4.69, 9.17) is 9.97 Å². The van der Waals surface area contributed by atoms with E-state index < -0.39 is 0 Å². The highest BCUT2D eigenvalue weighted by molar-refractivity contribution is 5.13. The van der Waals surface area contributed by atoms with Gasteiger partial charge >= 0.3 is 0 Å². The highest BCUT2D eigenvalue weighted by Crippen LogP contribution is 2.36. The Kier molecular flexibility index (Phi) is 5.37. The number of hydrogen-bond donors (Lipinski definition) is 1. The molecule has 118 valence electrons. The molecule has 1 saturated carbocycles. The van der Waals surface area contributed by atoms with Crippen molar-refractivity contribution in [1.29, 1.82) is 0 Å². The zero-order valence-electron chi connectivity index (χ0n) is 14.4. The fourth-order valence-electron chi connectivity index (χ4n) is 3.18. The molecule has 0 aliphatic heterocycles. The van der Waals surface area contributed by atoms with Crippen molar-refractivity contribution in [2.24, 2.45) is 5.92 Å². The average Bonchev–Trinajstić information content (AvgIpc) is 2.44. The zero-order valence-corrected chi connectivity index (χ0v) is 14.4. The first-order valence-electron chi connectivity index (χ1n) is 8.47. The van der Waals surface area contributed by atoms with Gasteiger partial charge in [0.05, 0.1) is 5.69 Å². The monoisotopic (exact) mass is 289 g/mol. The van der Waals surface area contributed by atoms with Gasteiger partial charge in [-0.15, -0.1) is 0 Å². The fraction of sp³-hybridized carbons (Fsp3) is 0.778. The molecule has 1 aliphatic rings. The molecule has 1 aromatic rings. The van der Waals surface area contributed by atoms with E-state index in [0.29, 0.717) is 5.92 Å². The van der Waals surface area contributed by atoms with Gasteiger partial charge in [0.2, 0.25) is 0 Å². The van der Waals surface area contributed by atoms with Gasteiger partial charge in [-0.05, 0) is 52.5 Å². The summed E-state index contributed by atoms with van der Waals surface area (Å²) < 4.78 is 0. The lowest BCUT2D eigenvalue weighted by Crippen LogP contribution is -2.35. The molecule has 0 spiro atoms. The number of nitrogens with one attached hydrogen (secondary N) is 1. The molecule has 1 heterocycles. The predicted molar refractivity (Wildman–Crippen MR) is 88.4 cm³/mol. The van der Waals surface area contributed by atoms with E-state index in [1.165, 1.54) is 32.1 Å². The molecule has 3 heteroatoms. The van der Waals surface area contributed by atoms with E-state index in [2.05, 4.69) is 46.0 Å². The third-order valence-electron chi connectivity index (χ3n) is 4.45. The lowest BCUT2D eigenvalue weighted by molar-refractivity contribution is 0.306. The quantitative estimate of drug-likeness (QED) is 0.895. The lowest BCUT2D eigenvalue weighted by atomic mass is 9.80. The van der Waals surface area contributed by atoms with E-state index in [0.717, 1.165) is 29.7 Å². The first-order chi connectivity index (χ1) is 9.87. The summed E-state index contributed by atoms with van der Waals surface area (Å²) >= 11 is 0. The molecule has 2 rings (SSSR count). The molecule has 1 N–H and O–H groups in total. The fourth-order valence-corrected chi connectivity index (χ4v) is 3.18. The van der Waals surface area contributed by atoms with Crippen LogP contribution in [-0.4, -0.2) is 15.5 Å². The number of nitrogens with zero attached hydrogens (tertiary/aromatic N) is 2. The first kappa shape index (κ1) is 16.4.